The molecule has 2 heteroatoms. The minimum atomic E-state index is 1.12. The maximum atomic E-state index is 4.46. The number of hydrogen-bond acceptors (Lipinski definition) is 1. The summed E-state index contributed by atoms with van der Waals surface area (Å²) in [4.78, 5) is 4.46. The normalized spacial score (nSPS) is 14.2. The fraction of sp³-hybridized carbons (Fsp3) is 0.308. The summed E-state index contributed by atoms with van der Waals surface area (Å²) in [7, 11) is 0. The van der Waals surface area contributed by atoms with Gasteiger partial charge in [-0.1, -0.05) is 29.8 Å². The van der Waals surface area contributed by atoms with Crippen LogP contribution in [-0.2, 0) is 13.0 Å². The van der Waals surface area contributed by atoms with Crippen LogP contribution in [0.25, 0.3) is 11.3 Å². The Balaban J connectivity index is 2.09. The number of benzene rings is 1. The number of hydrogen-bond donors (Lipinski definition) is 0. The van der Waals surface area contributed by atoms with E-state index in [9.17, 15) is 0 Å². The Kier molecular flexibility index (Phi) is 1.88. The highest BCUT2D eigenvalue weighted by atomic mass is 15.1. The molecule has 1 aliphatic rings. The van der Waals surface area contributed by atoms with Crippen LogP contribution in [0.4, 0.5) is 0 Å². The van der Waals surface area contributed by atoms with Gasteiger partial charge >= 0.3 is 0 Å². The van der Waals surface area contributed by atoms with Gasteiger partial charge in [-0.05, 0) is 18.9 Å². The van der Waals surface area contributed by atoms with Crippen LogP contribution in [0.3, 0.4) is 0 Å². The van der Waals surface area contributed by atoms with Crippen molar-refractivity contribution in [2.75, 3.05) is 0 Å². The smallest absolute Gasteiger partial charge is 0.109 e. The molecule has 0 amide bonds. The van der Waals surface area contributed by atoms with Gasteiger partial charge in [0.2, 0.25) is 0 Å². The topological polar surface area (TPSA) is 17.8 Å². The first-order valence-electron chi connectivity index (χ1n) is 5.46. The number of imidazole rings is 1. The van der Waals surface area contributed by atoms with Crippen LogP contribution in [0, 0.1) is 6.92 Å². The van der Waals surface area contributed by atoms with Gasteiger partial charge in [0.05, 0.1) is 11.9 Å². The van der Waals surface area contributed by atoms with Crippen LogP contribution in [-0.4, -0.2) is 9.55 Å². The Bertz CT molecular complexity index is 480. The number of rotatable bonds is 1. The summed E-state index contributed by atoms with van der Waals surface area (Å²) >= 11 is 0. The van der Waals surface area contributed by atoms with Crippen LogP contribution in [0.15, 0.2) is 30.5 Å². The van der Waals surface area contributed by atoms with E-state index < -0.39 is 0 Å². The second-order valence-electron chi connectivity index (χ2n) is 4.18. The summed E-state index contributed by atoms with van der Waals surface area (Å²) in [6.45, 7) is 3.24. The largest absolute Gasteiger partial charge is 0.328 e. The first kappa shape index (κ1) is 8.72. The van der Waals surface area contributed by atoms with E-state index in [1.165, 1.54) is 29.1 Å². The zero-order valence-electron chi connectivity index (χ0n) is 8.90. The lowest BCUT2D eigenvalue weighted by atomic mass is 10.1. The fourth-order valence-corrected chi connectivity index (χ4v) is 2.21. The van der Waals surface area contributed by atoms with Crippen molar-refractivity contribution in [2.24, 2.45) is 0 Å². The van der Waals surface area contributed by atoms with Gasteiger partial charge in [0.1, 0.15) is 5.82 Å². The molecule has 0 saturated carbocycles. The summed E-state index contributed by atoms with van der Waals surface area (Å²) < 4.78 is 2.34. The Labute approximate surface area is 89.6 Å². The highest BCUT2D eigenvalue weighted by Gasteiger charge is 2.15. The van der Waals surface area contributed by atoms with E-state index in [2.05, 4.69) is 40.7 Å². The SMILES string of the molecule is Cc1ccc(-c2cnc3n2CCC3)cc1. The van der Waals surface area contributed by atoms with Gasteiger partial charge in [-0.3, -0.25) is 0 Å². The van der Waals surface area contributed by atoms with Crippen molar-refractivity contribution in [3.05, 3.63) is 41.9 Å². The van der Waals surface area contributed by atoms with Gasteiger partial charge in [-0.2, -0.15) is 0 Å². The molecular weight excluding hydrogens is 184 g/mol. The molecular formula is C13H14N2. The van der Waals surface area contributed by atoms with Crippen molar-refractivity contribution >= 4 is 0 Å². The van der Waals surface area contributed by atoms with Crippen molar-refractivity contribution in [2.45, 2.75) is 26.3 Å². The molecule has 1 aliphatic heterocycles. The van der Waals surface area contributed by atoms with Crippen molar-refractivity contribution < 1.29 is 0 Å². The maximum absolute atomic E-state index is 4.46. The second kappa shape index (κ2) is 3.23. The average Bonchev–Trinajstić information content (AvgIpc) is 2.80. The van der Waals surface area contributed by atoms with Gasteiger partial charge in [-0.15, -0.1) is 0 Å². The monoisotopic (exact) mass is 198 g/mol. The van der Waals surface area contributed by atoms with Crippen molar-refractivity contribution in [1.82, 2.24) is 9.55 Å². The van der Waals surface area contributed by atoms with E-state index in [4.69, 9.17) is 0 Å². The second-order valence-corrected chi connectivity index (χ2v) is 4.18. The zero-order chi connectivity index (χ0) is 10.3. The van der Waals surface area contributed by atoms with E-state index in [0.717, 1.165) is 13.0 Å². The molecule has 0 N–H and O–H groups in total. The molecule has 0 radical (unpaired) electrons. The van der Waals surface area contributed by atoms with E-state index in [1.807, 2.05) is 6.20 Å². The molecule has 1 aromatic carbocycles. The summed E-state index contributed by atoms with van der Waals surface area (Å²) in [5, 5.41) is 0. The molecule has 3 rings (SSSR count). The molecule has 0 atom stereocenters. The van der Waals surface area contributed by atoms with Crippen molar-refractivity contribution in [3.63, 3.8) is 0 Å². The highest BCUT2D eigenvalue weighted by molar-refractivity contribution is 5.60. The van der Waals surface area contributed by atoms with Gasteiger partial charge < -0.3 is 4.57 Å². The Hall–Kier alpha value is -1.57. The third-order valence-electron chi connectivity index (χ3n) is 3.07. The first-order chi connectivity index (χ1) is 7.34. The van der Waals surface area contributed by atoms with Crippen molar-refractivity contribution in [1.29, 1.82) is 0 Å². The fourth-order valence-electron chi connectivity index (χ4n) is 2.21. The molecule has 2 heterocycles. The lowest BCUT2D eigenvalue weighted by molar-refractivity contribution is 0.756. The van der Waals surface area contributed by atoms with Gasteiger partial charge in [0.15, 0.2) is 0 Å². The van der Waals surface area contributed by atoms with Gasteiger partial charge in [0, 0.05) is 13.0 Å². The van der Waals surface area contributed by atoms with Gasteiger partial charge in [0.25, 0.3) is 0 Å². The number of fused-ring (bicyclic) bond motifs is 1. The molecule has 0 unspecified atom stereocenters. The minimum absolute atomic E-state index is 1.12. The third kappa shape index (κ3) is 1.37. The van der Waals surface area contributed by atoms with E-state index in [1.54, 1.807) is 0 Å². The van der Waals surface area contributed by atoms with Crippen LogP contribution in [0.1, 0.15) is 17.8 Å². The third-order valence-corrected chi connectivity index (χ3v) is 3.07. The van der Waals surface area contributed by atoms with Crippen LogP contribution in [0.2, 0.25) is 0 Å². The highest BCUT2D eigenvalue weighted by Crippen LogP contribution is 2.25. The molecule has 2 nitrogen and oxygen atoms in total. The molecule has 0 spiro atoms. The zero-order valence-corrected chi connectivity index (χ0v) is 8.90. The number of aromatic nitrogens is 2. The molecule has 76 valence electrons. The molecule has 0 bridgehead atoms. The summed E-state index contributed by atoms with van der Waals surface area (Å²) in [6, 6.07) is 8.67. The quantitative estimate of drug-likeness (QED) is 0.689. The number of nitrogens with zero attached hydrogens (tertiary/aromatic N) is 2. The molecule has 15 heavy (non-hydrogen) atoms. The van der Waals surface area contributed by atoms with Crippen molar-refractivity contribution in [3.8, 4) is 11.3 Å². The minimum Gasteiger partial charge on any atom is -0.328 e. The predicted molar refractivity (Wildman–Crippen MR) is 60.7 cm³/mol. The Morgan fingerprint density at radius 2 is 2.00 bits per heavy atom. The van der Waals surface area contributed by atoms with Crippen LogP contribution < -0.4 is 0 Å². The Morgan fingerprint density at radius 1 is 1.20 bits per heavy atom. The number of aryl methyl sites for hydroxylation is 2. The van der Waals surface area contributed by atoms with E-state index in [0.29, 0.717) is 0 Å². The first-order valence-corrected chi connectivity index (χ1v) is 5.46. The summed E-state index contributed by atoms with van der Waals surface area (Å²) in [5.41, 5.74) is 3.85. The lowest BCUT2D eigenvalue weighted by Crippen LogP contribution is -1.94. The average molecular weight is 198 g/mol. The Morgan fingerprint density at radius 3 is 2.80 bits per heavy atom. The molecule has 0 fully saturated rings. The lowest BCUT2D eigenvalue weighted by Gasteiger charge is -2.04. The molecule has 0 saturated heterocycles. The molecule has 1 aromatic heterocycles. The van der Waals surface area contributed by atoms with E-state index in [-0.39, 0.29) is 0 Å². The van der Waals surface area contributed by atoms with Crippen LogP contribution in [0.5, 0.6) is 0 Å². The van der Waals surface area contributed by atoms with E-state index >= 15 is 0 Å². The molecule has 2 aromatic rings. The summed E-state index contributed by atoms with van der Waals surface area (Å²) in [6.07, 6.45) is 4.37. The predicted octanol–water partition coefficient (Wildman–Crippen LogP) is 2.80. The standard InChI is InChI=1S/C13H14N2/c1-10-4-6-11(7-5-10)12-9-14-13-3-2-8-15(12)13/h4-7,9H,2-3,8H2,1H3. The summed E-state index contributed by atoms with van der Waals surface area (Å²) in [5.74, 6) is 1.24. The molecule has 0 aliphatic carbocycles. The van der Waals surface area contributed by atoms with Crippen LogP contribution >= 0.6 is 0 Å². The van der Waals surface area contributed by atoms with Gasteiger partial charge in [-0.25, -0.2) is 4.98 Å². The maximum Gasteiger partial charge on any atom is 0.109 e.